The summed E-state index contributed by atoms with van der Waals surface area (Å²) < 4.78 is 5.62. The minimum absolute atomic E-state index is 0.0386. The van der Waals surface area contributed by atoms with Crippen molar-refractivity contribution in [1.82, 2.24) is 4.98 Å². The van der Waals surface area contributed by atoms with Gasteiger partial charge in [0.2, 0.25) is 0 Å². The van der Waals surface area contributed by atoms with Crippen LogP contribution in [0.15, 0.2) is 36.7 Å². The first-order chi connectivity index (χ1) is 9.60. The number of ketones is 1. The van der Waals surface area contributed by atoms with Gasteiger partial charge in [0.15, 0.2) is 12.1 Å². The van der Waals surface area contributed by atoms with Crippen LogP contribution in [-0.4, -0.2) is 17.1 Å². The standard InChI is InChI=1S/C16H15NO3/c1-11-3-4-16(15(5-11)9-18)20-10-13-6-14(12(2)19)8-17-7-13/h3-9H,10H2,1-2H3. The van der Waals surface area contributed by atoms with Crippen molar-refractivity contribution in [2.45, 2.75) is 20.5 Å². The predicted molar refractivity (Wildman–Crippen MR) is 75.1 cm³/mol. The molecule has 20 heavy (non-hydrogen) atoms. The Kier molecular flexibility index (Phi) is 4.25. The van der Waals surface area contributed by atoms with Crippen LogP contribution in [0.25, 0.3) is 0 Å². The Balaban J connectivity index is 2.14. The fourth-order valence-electron chi connectivity index (χ4n) is 1.81. The SMILES string of the molecule is CC(=O)c1cncc(COc2ccc(C)cc2C=O)c1. The molecule has 102 valence electrons. The van der Waals surface area contributed by atoms with Gasteiger partial charge in [-0.2, -0.15) is 0 Å². The molecule has 0 N–H and O–H groups in total. The average molecular weight is 269 g/mol. The van der Waals surface area contributed by atoms with Crippen LogP contribution in [0.3, 0.4) is 0 Å². The second-order valence-electron chi connectivity index (χ2n) is 4.59. The molecule has 0 aliphatic rings. The number of hydrogen-bond donors (Lipinski definition) is 0. The summed E-state index contributed by atoms with van der Waals surface area (Å²) in [5, 5.41) is 0. The average Bonchev–Trinajstić information content (AvgIpc) is 2.46. The molecule has 0 aliphatic heterocycles. The Morgan fingerprint density at radius 2 is 2.10 bits per heavy atom. The highest BCUT2D eigenvalue weighted by Gasteiger charge is 2.05. The molecule has 0 saturated carbocycles. The summed E-state index contributed by atoms with van der Waals surface area (Å²) in [7, 11) is 0. The monoisotopic (exact) mass is 269 g/mol. The van der Waals surface area contributed by atoms with E-state index in [0.29, 0.717) is 16.9 Å². The zero-order chi connectivity index (χ0) is 14.5. The number of aryl methyl sites for hydroxylation is 1. The number of rotatable bonds is 5. The van der Waals surface area contributed by atoms with Crippen molar-refractivity contribution in [2.75, 3.05) is 0 Å². The number of carbonyl (C=O) groups excluding carboxylic acids is 2. The third-order valence-electron chi connectivity index (χ3n) is 2.89. The highest BCUT2D eigenvalue weighted by molar-refractivity contribution is 5.93. The molecular formula is C16H15NO3. The van der Waals surface area contributed by atoms with E-state index in [1.165, 1.54) is 13.1 Å². The molecular weight excluding hydrogens is 254 g/mol. The molecule has 0 amide bonds. The molecule has 0 radical (unpaired) electrons. The smallest absolute Gasteiger partial charge is 0.161 e. The third-order valence-corrected chi connectivity index (χ3v) is 2.89. The Labute approximate surface area is 117 Å². The van der Waals surface area contributed by atoms with E-state index in [9.17, 15) is 9.59 Å². The number of aldehydes is 1. The van der Waals surface area contributed by atoms with Crippen LogP contribution in [-0.2, 0) is 6.61 Å². The van der Waals surface area contributed by atoms with Gasteiger partial charge in [-0.15, -0.1) is 0 Å². The maximum absolute atomic E-state index is 11.3. The van der Waals surface area contributed by atoms with Crippen LogP contribution in [0, 0.1) is 6.92 Å². The van der Waals surface area contributed by atoms with Gasteiger partial charge in [-0.3, -0.25) is 14.6 Å². The summed E-state index contributed by atoms with van der Waals surface area (Å²) in [6.45, 7) is 3.67. The van der Waals surface area contributed by atoms with Crippen molar-refractivity contribution in [2.24, 2.45) is 0 Å². The molecule has 2 aromatic rings. The molecule has 4 nitrogen and oxygen atoms in total. The number of aromatic nitrogens is 1. The Morgan fingerprint density at radius 3 is 2.80 bits per heavy atom. The van der Waals surface area contributed by atoms with Gasteiger partial charge in [0.25, 0.3) is 0 Å². The molecule has 0 saturated heterocycles. The van der Waals surface area contributed by atoms with Gasteiger partial charge in [-0.1, -0.05) is 11.6 Å². The van der Waals surface area contributed by atoms with E-state index in [0.717, 1.165) is 17.4 Å². The molecule has 1 aromatic carbocycles. The van der Waals surface area contributed by atoms with Gasteiger partial charge in [-0.05, 0) is 32.0 Å². The zero-order valence-corrected chi connectivity index (χ0v) is 11.4. The number of pyridine rings is 1. The van der Waals surface area contributed by atoms with E-state index in [4.69, 9.17) is 4.74 Å². The summed E-state index contributed by atoms with van der Waals surface area (Å²) >= 11 is 0. The van der Waals surface area contributed by atoms with Gasteiger partial charge in [-0.25, -0.2) is 0 Å². The van der Waals surface area contributed by atoms with Crippen molar-refractivity contribution in [1.29, 1.82) is 0 Å². The zero-order valence-electron chi connectivity index (χ0n) is 11.4. The molecule has 0 fully saturated rings. The molecule has 0 atom stereocenters. The summed E-state index contributed by atoms with van der Waals surface area (Å²) in [4.78, 5) is 26.3. The Morgan fingerprint density at radius 1 is 1.30 bits per heavy atom. The van der Waals surface area contributed by atoms with Crippen LogP contribution in [0.5, 0.6) is 5.75 Å². The maximum Gasteiger partial charge on any atom is 0.161 e. The first-order valence-electron chi connectivity index (χ1n) is 6.23. The lowest BCUT2D eigenvalue weighted by Gasteiger charge is -2.09. The molecule has 0 aliphatic carbocycles. The fraction of sp³-hybridized carbons (Fsp3) is 0.188. The fourth-order valence-corrected chi connectivity index (χ4v) is 1.81. The molecule has 0 bridgehead atoms. The highest BCUT2D eigenvalue weighted by atomic mass is 16.5. The number of benzene rings is 1. The van der Waals surface area contributed by atoms with Crippen LogP contribution in [0.1, 0.15) is 38.8 Å². The van der Waals surface area contributed by atoms with Crippen molar-refractivity contribution in [3.05, 3.63) is 58.9 Å². The van der Waals surface area contributed by atoms with Crippen molar-refractivity contribution in [3.8, 4) is 5.75 Å². The quantitative estimate of drug-likeness (QED) is 0.618. The minimum Gasteiger partial charge on any atom is -0.488 e. The summed E-state index contributed by atoms with van der Waals surface area (Å²) in [5.41, 5.74) is 2.85. The van der Waals surface area contributed by atoms with E-state index in [-0.39, 0.29) is 12.4 Å². The molecule has 1 heterocycles. The molecule has 4 heteroatoms. The van der Waals surface area contributed by atoms with E-state index in [1.54, 1.807) is 24.4 Å². The van der Waals surface area contributed by atoms with Crippen LogP contribution < -0.4 is 4.74 Å². The molecule has 0 unspecified atom stereocenters. The van der Waals surface area contributed by atoms with Crippen molar-refractivity contribution >= 4 is 12.1 Å². The number of hydrogen-bond acceptors (Lipinski definition) is 4. The first-order valence-corrected chi connectivity index (χ1v) is 6.23. The number of Topliss-reactive ketones (excluding diaryl/α,β-unsaturated/α-hetero) is 1. The molecule has 1 aromatic heterocycles. The third kappa shape index (κ3) is 3.29. The molecule has 0 spiro atoms. The van der Waals surface area contributed by atoms with E-state index < -0.39 is 0 Å². The lowest BCUT2D eigenvalue weighted by molar-refractivity contribution is 0.101. The first kappa shape index (κ1) is 13.9. The highest BCUT2D eigenvalue weighted by Crippen LogP contribution is 2.19. The number of nitrogens with zero attached hydrogens (tertiary/aromatic N) is 1. The minimum atomic E-state index is -0.0386. The lowest BCUT2D eigenvalue weighted by Crippen LogP contribution is -2.01. The summed E-state index contributed by atoms with van der Waals surface area (Å²) in [6, 6.07) is 7.16. The summed E-state index contributed by atoms with van der Waals surface area (Å²) in [6.07, 6.45) is 3.93. The Bertz CT molecular complexity index is 650. The van der Waals surface area contributed by atoms with Crippen LogP contribution in [0.2, 0.25) is 0 Å². The number of ether oxygens (including phenoxy) is 1. The topological polar surface area (TPSA) is 56.3 Å². The molecule has 2 rings (SSSR count). The van der Waals surface area contributed by atoms with Gasteiger partial charge in [0, 0.05) is 23.5 Å². The van der Waals surface area contributed by atoms with Gasteiger partial charge >= 0.3 is 0 Å². The number of carbonyl (C=O) groups is 2. The van der Waals surface area contributed by atoms with Crippen molar-refractivity contribution < 1.29 is 14.3 Å². The van der Waals surface area contributed by atoms with Gasteiger partial charge in [0.1, 0.15) is 12.4 Å². The lowest BCUT2D eigenvalue weighted by atomic mass is 10.1. The second kappa shape index (κ2) is 6.10. The summed E-state index contributed by atoms with van der Waals surface area (Å²) in [5.74, 6) is 0.488. The second-order valence-corrected chi connectivity index (χ2v) is 4.59. The predicted octanol–water partition coefficient (Wildman–Crippen LogP) is 2.98. The van der Waals surface area contributed by atoms with E-state index in [2.05, 4.69) is 4.98 Å². The Hall–Kier alpha value is -2.49. The van der Waals surface area contributed by atoms with Gasteiger partial charge < -0.3 is 4.74 Å². The normalized spacial score (nSPS) is 10.1. The van der Waals surface area contributed by atoms with E-state index in [1.807, 2.05) is 13.0 Å². The van der Waals surface area contributed by atoms with Crippen LogP contribution >= 0.6 is 0 Å². The van der Waals surface area contributed by atoms with Gasteiger partial charge in [0.05, 0.1) is 5.56 Å². The van der Waals surface area contributed by atoms with Crippen molar-refractivity contribution in [3.63, 3.8) is 0 Å². The van der Waals surface area contributed by atoms with E-state index >= 15 is 0 Å². The maximum atomic E-state index is 11.3. The largest absolute Gasteiger partial charge is 0.488 e. The van der Waals surface area contributed by atoms with Crippen LogP contribution in [0.4, 0.5) is 0 Å².